The summed E-state index contributed by atoms with van der Waals surface area (Å²) in [5, 5.41) is 0. The molecule has 0 spiro atoms. The van der Waals surface area contributed by atoms with Gasteiger partial charge in [0.25, 0.3) is 0 Å². The summed E-state index contributed by atoms with van der Waals surface area (Å²) in [5.74, 6) is 0. The minimum Gasteiger partial charge on any atom is -0.0776 e. The smallest absolute Gasteiger partial charge is 0 e. The van der Waals surface area contributed by atoms with Gasteiger partial charge in [0.05, 0.1) is 0 Å². The Balaban J connectivity index is 0. The van der Waals surface area contributed by atoms with Crippen LogP contribution in [0.4, 0.5) is 0 Å². The summed E-state index contributed by atoms with van der Waals surface area (Å²) in [6.07, 6.45) is 0. The number of hydrogen-bond acceptors (Lipinski definition) is 0. The van der Waals surface area contributed by atoms with E-state index in [2.05, 4.69) is 0 Å². The molecular weight excluding hydrogens is 1090 g/mol. The third-order valence-corrected chi connectivity index (χ3v) is 0. The highest BCUT2D eigenvalue weighted by Gasteiger charge is 0.0124. The standard InChI is InChI=1S/91CH4.52H2/h91*1H4;52*1H/i;;;;;;;;;;;;;;;;;;;;;;;;;;;;;;;;;;;;;;;;;;;;;;;;;;;;;;;;;;;;;;;;;;;;;;;;;;;;;;;;;;;;;;;;;;;26*1+2;;;;;;;;;;;;;;;;;;;;;;;;;;. The molecule has 0 aliphatic rings. The van der Waals surface area contributed by atoms with Crippen molar-refractivity contribution in [3.63, 3.8) is 0 Å². The second kappa shape index (κ2) is 0. The third-order valence-electron chi connectivity index (χ3n) is 0. The predicted octanol–water partition coefficient (Wildman–Crippen LogP) is 70.7. The monoisotopic (exact) mass is 1620 g/mol. The summed E-state index contributed by atoms with van der Waals surface area (Å²) in [7, 11) is 0. The van der Waals surface area contributed by atoms with Gasteiger partial charge in [-0.25, -0.2) is 0 Å². The van der Waals surface area contributed by atoms with Crippen molar-refractivity contribution in [2.45, 2.75) is 676 Å². The van der Waals surface area contributed by atoms with Gasteiger partial charge < -0.3 is 0 Å². The van der Waals surface area contributed by atoms with Crippen molar-refractivity contribution in [2.75, 3.05) is 0 Å². The lowest BCUT2D eigenvalue weighted by Crippen LogP contribution is 0.143. The highest BCUT2D eigenvalue weighted by Crippen LogP contribution is 0.234. The van der Waals surface area contributed by atoms with E-state index in [4.69, 9.17) is 0 Å². The Hall–Kier alpha value is 0. The molecule has 0 aromatic heterocycles. The fraction of sp³-hybridized carbons (Fsp3) is 1.00. The first-order chi connectivity index (χ1) is 0. The molecule has 832 valence electrons. The van der Waals surface area contributed by atoms with Gasteiger partial charge in [0.2, 0.25) is 0 Å². The van der Waals surface area contributed by atoms with Crippen molar-refractivity contribution in [1.29, 1.82) is 0 Å². The van der Waals surface area contributed by atoms with Crippen LogP contribution in [0.5, 0.6) is 0 Å². The van der Waals surface area contributed by atoms with Crippen molar-refractivity contribution < 1.29 is 74.2 Å². The molecule has 0 heterocycles. The van der Waals surface area contributed by atoms with E-state index in [-0.39, 0.29) is 750 Å². The largest absolute Gasteiger partial charge is 0.0776 e. The van der Waals surface area contributed by atoms with Crippen molar-refractivity contribution >= 4 is 0 Å². The molecule has 0 aliphatic heterocycles. The second-order valence-corrected chi connectivity index (χ2v) is 0. The maximum atomic E-state index is 0. The van der Waals surface area contributed by atoms with Crippen molar-refractivity contribution in [2.24, 2.45) is 0 Å². The molecule has 0 saturated carbocycles. The zero-order chi connectivity index (χ0) is 0. The molecule has 0 bridgehead atoms. The van der Waals surface area contributed by atoms with Crippen LogP contribution in [-0.4, -0.2) is 0 Å². The summed E-state index contributed by atoms with van der Waals surface area (Å²) in [4.78, 5) is 0. The van der Waals surface area contributed by atoms with Crippen LogP contribution < -0.4 is 0 Å². The average Bonchev–Trinajstić information content (AvgIpc) is 0. The maximum Gasteiger partial charge on any atom is 0 e. The quantitative estimate of drug-likeness (QED) is 0.227. The normalized spacial score (nSPS) is 0. The Kier molecular flexibility index (Phi) is 0. The Bertz CT molecular complexity index is 135. The predicted molar refractivity (Wildman–Crippen MR) is 722 cm³/mol. The van der Waals surface area contributed by atoms with E-state index in [0.717, 1.165) is 0 Å². The van der Waals surface area contributed by atoms with E-state index in [1.54, 1.807) is 0 Å². The molecular formula is C91H468. The zero-order valence-electron chi connectivity index (χ0n) is 0. The molecule has 0 heteroatoms. The summed E-state index contributed by atoms with van der Waals surface area (Å²) >= 11 is 0. The Morgan fingerprint density at radius 1 is 0.0330 bits per heavy atom. The molecule has 0 amide bonds. The minimum absolute atomic E-state index is 0. The highest BCUT2D eigenvalue weighted by atomic mass is 12.1. The van der Waals surface area contributed by atoms with Gasteiger partial charge in [-0.2, -0.15) is 0 Å². The Labute approximate surface area is 749 Å². The van der Waals surface area contributed by atoms with E-state index in [9.17, 15) is 0 Å². The minimum atomic E-state index is 0. The molecule has 0 rings (SSSR count). The van der Waals surface area contributed by atoms with Gasteiger partial charge in [0, 0.05) is 74.2 Å². The lowest BCUT2D eigenvalue weighted by Gasteiger charge is -0.0786. The lowest BCUT2D eigenvalue weighted by atomic mass is 12.0. The first-order valence-corrected chi connectivity index (χ1v) is 0. The second-order valence-electron chi connectivity index (χ2n) is 0. The molecule has 0 saturated heterocycles. The van der Waals surface area contributed by atoms with Gasteiger partial charge in [-0.05, 0) is 0 Å². The Morgan fingerprint density at radius 3 is 0.0330 bits per heavy atom. The first kappa shape index (κ1) is 0. The third kappa shape index (κ3) is 0. The van der Waals surface area contributed by atoms with Crippen LogP contribution in [0.25, 0.3) is 0 Å². The average molecular weight is 1620 g/mol. The molecule has 0 fully saturated rings. The zero-order valence-corrected chi connectivity index (χ0v) is 0. The first-order valence-electron chi connectivity index (χ1n) is 0. The summed E-state index contributed by atoms with van der Waals surface area (Å²) in [5.41, 5.74) is 0. The fourth-order valence-electron chi connectivity index (χ4n) is 0. The molecule has 0 aliphatic carbocycles. The van der Waals surface area contributed by atoms with Gasteiger partial charge >= 0.3 is 0 Å². The number of hydrogen-bond donors (Lipinski definition) is 0. The van der Waals surface area contributed by atoms with Crippen molar-refractivity contribution in [3.05, 3.63) is 0 Å². The number of rotatable bonds is 0. The van der Waals surface area contributed by atoms with E-state index < -0.39 is 0 Å². The molecule has 91 heavy (non-hydrogen) atoms. The van der Waals surface area contributed by atoms with Crippen LogP contribution in [0.15, 0.2) is 0 Å². The molecule has 0 nitrogen and oxygen atoms in total. The molecule has 0 unspecified atom stereocenters. The van der Waals surface area contributed by atoms with Crippen LogP contribution in [0.3, 0.4) is 0 Å². The van der Waals surface area contributed by atoms with Gasteiger partial charge in [-0.3, -0.25) is 0 Å². The van der Waals surface area contributed by atoms with Crippen LogP contribution >= 0.6 is 0 Å². The van der Waals surface area contributed by atoms with Crippen molar-refractivity contribution in [1.82, 2.24) is 0 Å². The maximum absolute atomic E-state index is 0. The van der Waals surface area contributed by atoms with Crippen LogP contribution in [-0.2, 0) is 0 Å². The summed E-state index contributed by atoms with van der Waals surface area (Å²) < 4.78 is 0. The van der Waals surface area contributed by atoms with E-state index >= 15 is 0 Å². The Morgan fingerprint density at radius 2 is 0.0330 bits per heavy atom. The van der Waals surface area contributed by atoms with E-state index in [0.29, 0.717) is 0 Å². The lowest BCUT2D eigenvalue weighted by molar-refractivity contribution is 2.50. The summed E-state index contributed by atoms with van der Waals surface area (Å²) in [6.45, 7) is 0. The van der Waals surface area contributed by atoms with Gasteiger partial charge in [-0.1, -0.05) is 676 Å². The topological polar surface area (TPSA) is 0 Å². The molecule has 0 aromatic carbocycles. The molecule has 0 aromatic rings. The van der Waals surface area contributed by atoms with Crippen LogP contribution in [0, 0.1) is 0 Å². The summed E-state index contributed by atoms with van der Waals surface area (Å²) in [6, 6.07) is 0. The van der Waals surface area contributed by atoms with Crippen LogP contribution in [0.1, 0.15) is 750 Å². The highest BCUT2D eigenvalue weighted by molar-refractivity contribution is 2.59. The molecule has 0 radical (unpaired) electrons. The van der Waals surface area contributed by atoms with Gasteiger partial charge in [0.15, 0.2) is 0 Å². The van der Waals surface area contributed by atoms with Gasteiger partial charge in [-0.15, -0.1) is 0 Å². The fourth-order valence-corrected chi connectivity index (χ4v) is 0. The van der Waals surface area contributed by atoms with E-state index in [1.807, 2.05) is 0 Å². The van der Waals surface area contributed by atoms with E-state index in [1.165, 1.54) is 0 Å². The molecule has 0 N–H and O–H groups in total. The van der Waals surface area contributed by atoms with Crippen LogP contribution in [0.2, 0.25) is 0 Å². The van der Waals surface area contributed by atoms with Gasteiger partial charge in [0.1, 0.15) is 0 Å². The SMILES string of the molecule is C.C.C.C.C.C.C.C.C.C.C.C.C.C.C.C.C.C.C.C.C.C.C.C.C.C.C.C.C.C.C.C.C.C.C.C.C.C.C.C.C.C.C.C.C.C.C.C.C.C.C.C.C.C.C.C.C.C.C.C.C.C.C.C.C.C.C.C.C.C.C.C.C.C.C.C.C.C.C.C.C.C.C.C.C.C.C.C.C.C.C.[3HH].[3HH].[3HH].[3HH].[3HH].[3HH].[3HH].[3HH].[3HH].[3HH].[3HH].[3HH].[3HH].[3HH].[3HH].[3HH].[3HH].[3HH].[3HH].[3HH].[3HH].[3HH].[3HH].[3HH].[3HH].[3HH].[HH].[HH].[HH].[HH].[HH].[HH].[HH].[HH].[HH].[HH].[HH].[HH].[HH].[HH].[HH].[HH].[HH].[HH].[HH].[HH].[HH].[HH].[HH].[HH].[HH].[HH]. The molecule has 0 atom stereocenters. The van der Waals surface area contributed by atoms with Crippen molar-refractivity contribution in [3.8, 4) is 0 Å².